The molecule has 9 aromatic carbocycles. The van der Waals surface area contributed by atoms with E-state index in [9.17, 15) is 0 Å². The Hall–Kier alpha value is -6.99. The van der Waals surface area contributed by atoms with Gasteiger partial charge >= 0.3 is 0 Å². The zero-order chi connectivity index (χ0) is 50.8. The first-order valence-corrected chi connectivity index (χ1v) is 27.6. The number of fused-ring (bicyclic) bond motifs is 8. The second-order valence-electron chi connectivity index (χ2n) is 23.4. The fourth-order valence-corrected chi connectivity index (χ4v) is 14.0. The molecule has 4 heterocycles. The zero-order valence-electron chi connectivity index (χ0n) is 43.6. The van der Waals surface area contributed by atoms with Crippen molar-refractivity contribution in [1.29, 1.82) is 0 Å². The monoisotopic (exact) mass is 996 g/mol. The Balaban J connectivity index is 1.04. The van der Waals surface area contributed by atoms with Crippen molar-refractivity contribution < 1.29 is 9.47 Å². The molecule has 8 heteroatoms. The highest BCUT2D eigenvalue weighted by Crippen LogP contribution is 2.49. The molecule has 0 amide bonds. The SMILES string of the molecule is CC(C)(C)c1ccc(Oc2cc3c4c(c2)Sc2cc5c(cc2B4c2ccccc2S3)B2c3ccccc3N(c3ccccc3)c3cc(Oc4ccc(C(C)(C)C)cc4)cc(c32)N5c2ccc(C(C)(C)C)cc2)cc1. The predicted molar refractivity (Wildman–Crippen MR) is 315 cm³/mol. The van der Waals surface area contributed by atoms with Crippen LogP contribution in [0.4, 0.5) is 34.1 Å². The molecule has 362 valence electrons. The summed E-state index contributed by atoms with van der Waals surface area (Å²) in [4.78, 5) is 10.00. The molecule has 0 saturated carbocycles. The number of ether oxygens (including phenoxy) is 2. The van der Waals surface area contributed by atoms with Crippen molar-refractivity contribution >= 4 is 104 Å². The maximum Gasteiger partial charge on any atom is 0.252 e. The van der Waals surface area contributed by atoms with Crippen molar-refractivity contribution in [2.45, 2.75) is 98.1 Å². The highest BCUT2D eigenvalue weighted by atomic mass is 32.2. The molecule has 9 aromatic rings. The van der Waals surface area contributed by atoms with Crippen LogP contribution in [0.3, 0.4) is 0 Å². The average molecular weight is 997 g/mol. The molecular formula is C66H58B2N2O2S2. The zero-order valence-corrected chi connectivity index (χ0v) is 45.2. The van der Waals surface area contributed by atoms with Crippen LogP contribution in [0.25, 0.3) is 0 Å². The lowest BCUT2D eigenvalue weighted by Gasteiger charge is -2.45. The van der Waals surface area contributed by atoms with Gasteiger partial charge in [-0.2, -0.15) is 0 Å². The minimum Gasteiger partial charge on any atom is -0.457 e. The van der Waals surface area contributed by atoms with Crippen LogP contribution in [0, 0.1) is 0 Å². The Morgan fingerprint density at radius 3 is 1.36 bits per heavy atom. The maximum absolute atomic E-state index is 7.03. The Bertz CT molecular complexity index is 3690. The van der Waals surface area contributed by atoms with Gasteiger partial charge in [0.2, 0.25) is 6.71 Å². The molecule has 0 fully saturated rings. The van der Waals surface area contributed by atoms with Crippen molar-refractivity contribution in [3.63, 3.8) is 0 Å². The highest BCUT2D eigenvalue weighted by Gasteiger charge is 2.46. The van der Waals surface area contributed by atoms with Gasteiger partial charge in [0.1, 0.15) is 23.0 Å². The molecule has 0 bridgehead atoms. The van der Waals surface area contributed by atoms with Crippen LogP contribution in [-0.4, -0.2) is 13.4 Å². The number of benzene rings is 9. The molecule has 0 saturated heterocycles. The van der Waals surface area contributed by atoms with Crippen molar-refractivity contribution in [3.05, 3.63) is 205 Å². The third-order valence-corrected chi connectivity index (χ3v) is 17.6. The van der Waals surface area contributed by atoms with Crippen molar-refractivity contribution in [1.82, 2.24) is 0 Å². The third-order valence-electron chi connectivity index (χ3n) is 15.3. The van der Waals surface area contributed by atoms with Crippen LogP contribution in [0.5, 0.6) is 23.0 Å². The van der Waals surface area contributed by atoms with Crippen LogP contribution in [0.1, 0.15) is 79.0 Å². The first kappa shape index (κ1) is 46.8. The summed E-state index contributed by atoms with van der Waals surface area (Å²) in [5, 5.41) is 0. The van der Waals surface area contributed by atoms with Crippen LogP contribution < -0.4 is 52.1 Å². The fourth-order valence-electron chi connectivity index (χ4n) is 11.5. The Labute approximate surface area is 446 Å². The lowest BCUT2D eigenvalue weighted by molar-refractivity contribution is 0.479. The van der Waals surface area contributed by atoms with Gasteiger partial charge in [0.05, 0.1) is 0 Å². The quantitative estimate of drug-likeness (QED) is 0.154. The van der Waals surface area contributed by atoms with Crippen LogP contribution in [0.15, 0.2) is 208 Å². The molecule has 4 nitrogen and oxygen atoms in total. The first-order chi connectivity index (χ1) is 35.5. The minimum absolute atomic E-state index is 0.00619. The average Bonchev–Trinajstić information content (AvgIpc) is 3.38. The summed E-state index contributed by atoms with van der Waals surface area (Å²) in [5.74, 6) is 3.28. The summed E-state index contributed by atoms with van der Waals surface area (Å²) < 4.78 is 13.8. The molecule has 0 unspecified atom stereocenters. The predicted octanol–water partition coefficient (Wildman–Crippen LogP) is 14.7. The van der Waals surface area contributed by atoms with Gasteiger partial charge in [0.25, 0.3) is 6.71 Å². The summed E-state index contributed by atoms with van der Waals surface area (Å²) in [6.07, 6.45) is 0. The van der Waals surface area contributed by atoms with Crippen molar-refractivity contribution in [3.8, 4) is 23.0 Å². The fraction of sp³-hybridized carbons (Fsp3) is 0.182. The van der Waals surface area contributed by atoms with E-state index < -0.39 is 0 Å². The van der Waals surface area contributed by atoms with Crippen LogP contribution >= 0.6 is 23.5 Å². The topological polar surface area (TPSA) is 24.9 Å². The van der Waals surface area contributed by atoms with Crippen molar-refractivity contribution in [2.24, 2.45) is 0 Å². The summed E-state index contributed by atoms with van der Waals surface area (Å²) in [6, 6.07) is 69.6. The molecule has 4 aliphatic rings. The second-order valence-corrected chi connectivity index (χ2v) is 25.5. The number of hydrogen-bond donors (Lipinski definition) is 0. The van der Waals surface area contributed by atoms with Crippen LogP contribution in [0.2, 0.25) is 0 Å². The molecule has 13 rings (SSSR count). The van der Waals surface area contributed by atoms with E-state index in [1.165, 1.54) is 80.4 Å². The number of anilines is 6. The first-order valence-electron chi connectivity index (χ1n) is 26.0. The number of para-hydroxylation sites is 2. The molecule has 74 heavy (non-hydrogen) atoms. The van der Waals surface area contributed by atoms with Gasteiger partial charge in [0.15, 0.2) is 0 Å². The Morgan fingerprint density at radius 1 is 0.324 bits per heavy atom. The molecule has 0 atom stereocenters. The van der Waals surface area contributed by atoms with Crippen LogP contribution in [-0.2, 0) is 16.2 Å². The normalized spacial score (nSPS) is 14.1. The molecule has 0 N–H and O–H groups in total. The standard InChI is InChI=1S/C66H58B2N2O2S2/c1-64(2,3)41-23-29-45(30-24-41)70-55-40-59-53(68-51-20-14-16-22-58(51)73-60-37-49(38-61(74-59)63(60)68)72-47-33-27-43(28-34-47)66(7,8)9)39-52(55)67-50-19-13-15-21-54(50)69(44-17-11-10-12-18-44)56-35-48(36-57(70)62(56)67)71-46-31-25-42(26-32-46)65(4,5)6/h10-40H,1-9H3. The van der Waals surface area contributed by atoms with E-state index in [1.807, 2.05) is 23.5 Å². The van der Waals surface area contributed by atoms with Gasteiger partial charge in [-0.05, 0) is 134 Å². The summed E-state index contributed by atoms with van der Waals surface area (Å²) >= 11 is 3.74. The van der Waals surface area contributed by atoms with Gasteiger partial charge in [-0.3, -0.25) is 0 Å². The van der Waals surface area contributed by atoms with Gasteiger partial charge in [-0.1, -0.05) is 194 Å². The van der Waals surface area contributed by atoms with E-state index in [2.05, 4.69) is 260 Å². The minimum atomic E-state index is -0.0683. The van der Waals surface area contributed by atoms with Gasteiger partial charge in [-0.15, -0.1) is 0 Å². The lowest BCUT2D eigenvalue weighted by Crippen LogP contribution is -2.64. The third kappa shape index (κ3) is 7.95. The number of hydrogen-bond acceptors (Lipinski definition) is 6. The van der Waals surface area contributed by atoms with Gasteiger partial charge in [-0.25, -0.2) is 0 Å². The van der Waals surface area contributed by atoms with Crippen molar-refractivity contribution in [2.75, 3.05) is 9.80 Å². The van der Waals surface area contributed by atoms with E-state index in [-0.39, 0.29) is 29.7 Å². The highest BCUT2D eigenvalue weighted by molar-refractivity contribution is 8.01. The second kappa shape index (κ2) is 17.3. The lowest BCUT2D eigenvalue weighted by atomic mass is 9.31. The number of nitrogens with zero attached hydrogens (tertiary/aromatic N) is 2. The van der Waals surface area contributed by atoms with E-state index in [4.69, 9.17) is 9.47 Å². The smallest absolute Gasteiger partial charge is 0.252 e. The van der Waals surface area contributed by atoms with E-state index >= 15 is 0 Å². The Kier molecular flexibility index (Phi) is 10.9. The molecule has 0 radical (unpaired) electrons. The van der Waals surface area contributed by atoms with E-state index in [1.54, 1.807) is 0 Å². The summed E-state index contributed by atoms with van der Waals surface area (Å²) in [6.45, 7) is 20.3. The maximum atomic E-state index is 7.03. The van der Waals surface area contributed by atoms with Gasteiger partial charge in [0, 0.05) is 65.8 Å². The molecule has 0 spiro atoms. The molecule has 4 aliphatic heterocycles. The van der Waals surface area contributed by atoms with E-state index in [0.717, 1.165) is 45.7 Å². The summed E-state index contributed by atoms with van der Waals surface area (Å²) in [5.41, 5.74) is 18.6. The summed E-state index contributed by atoms with van der Waals surface area (Å²) in [7, 11) is 0. The molecular weight excluding hydrogens is 938 g/mol. The number of rotatable bonds is 6. The van der Waals surface area contributed by atoms with Gasteiger partial charge < -0.3 is 19.3 Å². The molecule has 0 aromatic heterocycles. The van der Waals surface area contributed by atoms with E-state index in [0.29, 0.717) is 0 Å². The molecule has 0 aliphatic carbocycles. The largest absolute Gasteiger partial charge is 0.457 e. The Morgan fingerprint density at radius 2 is 0.784 bits per heavy atom.